The lowest BCUT2D eigenvalue weighted by atomic mass is 10.2. The van der Waals surface area contributed by atoms with Gasteiger partial charge in [-0.3, -0.25) is 0 Å². The molecule has 0 fully saturated rings. The van der Waals surface area contributed by atoms with E-state index >= 15 is 0 Å². The molecule has 0 bridgehead atoms. The van der Waals surface area contributed by atoms with Gasteiger partial charge >= 0.3 is 0 Å². The minimum Gasteiger partial charge on any atom is -0.486 e. The third kappa shape index (κ3) is 4.12. The minimum atomic E-state index is 0.431. The van der Waals surface area contributed by atoms with Gasteiger partial charge in [0.2, 0.25) is 0 Å². The van der Waals surface area contributed by atoms with Crippen LogP contribution >= 0.6 is 0 Å². The average Bonchev–Trinajstić information content (AvgIpc) is 2.86. The predicted octanol–water partition coefficient (Wildman–Crippen LogP) is 2.72. The highest BCUT2D eigenvalue weighted by Crippen LogP contribution is 2.16. The first-order valence-corrected chi connectivity index (χ1v) is 6.23. The topological polar surface area (TPSA) is 43.6 Å². The summed E-state index contributed by atoms with van der Waals surface area (Å²) in [6.45, 7) is 1.82. The molecule has 0 aliphatic heterocycles. The third-order valence-corrected chi connectivity index (χ3v) is 2.68. The van der Waals surface area contributed by atoms with Crippen molar-refractivity contribution in [2.24, 2.45) is 0 Å². The second kappa shape index (κ2) is 6.97. The Labute approximate surface area is 113 Å². The van der Waals surface area contributed by atoms with Crippen LogP contribution in [0.1, 0.15) is 16.9 Å². The van der Waals surface area contributed by atoms with E-state index in [0.29, 0.717) is 13.2 Å². The molecule has 0 radical (unpaired) electrons. The maximum absolute atomic E-state index is 5.70. The first kappa shape index (κ1) is 13.6. The highest BCUT2D eigenvalue weighted by Gasteiger charge is 2.03. The van der Waals surface area contributed by atoms with Crippen molar-refractivity contribution in [2.75, 3.05) is 14.2 Å². The lowest BCUT2D eigenvalue weighted by Crippen LogP contribution is -2.03. The molecule has 0 aliphatic carbocycles. The van der Waals surface area contributed by atoms with Gasteiger partial charge in [-0.15, -0.1) is 0 Å². The van der Waals surface area contributed by atoms with Crippen LogP contribution in [0.5, 0.6) is 5.75 Å². The van der Waals surface area contributed by atoms with Gasteiger partial charge in [0.1, 0.15) is 18.1 Å². The Bertz CT molecular complexity index is 508. The molecule has 1 aromatic carbocycles. The van der Waals surface area contributed by atoms with Gasteiger partial charge < -0.3 is 19.2 Å². The molecule has 19 heavy (non-hydrogen) atoms. The van der Waals surface area contributed by atoms with E-state index < -0.39 is 0 Å². The van der Waals surface area contributed by atoms with E-state index in [1.54, 1.807) is 13.4 Å². The Balaban J connectivity index is 1.91. The average molecular weight is 261 g/mol. The lowest BCUT2D eigenvalue weighted by molar-refractivity contribution is 0.184. The maximum Gasteiger partial charge on any atom is 0.146 e. The van der Waals surface area contributed by atoms with Gasteiger partial charge in [0, 0.05) is 19.2 Å². The Hall–Kier alpha value is -1.78. The van der Waals surface area contributed by atoms with Crippen LogP contribution in [-0.4, -0.2) is 14.2 Å². The molecule has 4 heteroatoms. The Morgan fingerprint density at radius 1 is 1.16 bits per heavy atom. The van der Waals surface area contributed by atoms with Crippen LogP contribution in [0.3, 0.4) is 0 Å². The molecule has 0 amide bonds. The zero-order chi connectivity index (χ0) is 13.5. The van der Waals surface area contributed by atoms with Crippen molar-refractivity contribution in [3.63, 3.8) is 0 Å². The van der Waals surface area contributed by atoms with Crippen LogP contribution in [0.25, 0.3) is 0 Å². The normalized spacial score (nSPS) is 10.6. The molecule has 4 nitrogen and oxygen atoms in total. The van der Waals surface area contributed by atoms with E-state index in [9.17, 15) is 0 Å². The number of methoxy groups -OCH3 is 1. The summed E-state index contributed by atoms with van der Waals surface area (Å²) < 4.78 is 16.2. The molecule has 1 N–H and O–H groups in total. The monoisotopic (exact) mass is 261 g/mol. The Kier molecular flexibility index (Phi) is 5.01. The molecule has 1 aromatic heterocycles. The van der Waals surface area contributed by atoms with E-state index in [4.69, 9.17) is 13.9 Å². The number of hydrogen-bond acceptors (Lipinski definition) is 4. The van der Waals surface area contributed by atoms with Crippen LogP contribution in [0.15, 0.2) is 41.0 Å². The van der Waals surface area contributed by atoms with Crippen molar-refractivity contribution in [1.82, 2.24) is 5.32 Å². The number of nitrogens with one attached hydrogen (secondary N) is 1. The van der Waals surface area contributed by atoms with Gasteiger partial charge in [-0.25, -0.2) is 0 Å². The van der Waals surface area contributed by atoms with Crippen molar-refractivity contribution >= 4 is 0 Å². The second-order valence-electron chi connectivity index (χ2n) is 4.32. The number of furan rings is 1. The van der Waals surface area contributed by atoms with E-state index in [-0.39, 0.29) is 0 Å². The van der Waals surface area contributed by atoms with E-state index in [2.05, 4.69) is 5.32 Å². The first-order valence-electron chi connectivity index (χ1n) is 6.23. The van der Waals surface area contributed by atoms with Crippen molar-refractivity contribution in [3.05, 3.63) is 53.5 Å². The predicted molar refractivity (Wildman–Crippen MR) is 73.0 cm³/mol. The molecule has 2 rings (SSSR count). The molecule has 0 unspecified atom stereocenters. The van der Waals surface area contributed by atoms with Crippen molar-refractivity contribution < 1.29 is 13.9 Å². The van der Waals surface area contributed by atoms with Gasteiger partial charge in [-0.1, -0.05) is 12.1 Å². The van der Waals surface area contributed by atoms with E-state index in [0.717, 1.165) is 29.2 Å². The largest absolute Gasteiger partial charge is 0.486 e. The van der Waals surface area contributed by atoms with Crippen LogP contribution in [0, 0.1) is 0 Å². The van der Waals surface area contributed by atoms with Gasteiger partial charge in [-0.05, 0) is 30.8 Å². The molecule has 0 saturated heterocycles. The van der Waals surface area contributed by atoms with Crippen LogP contribution in [-0.2, 0) is 24.5 Å². The summed E-state index contributed by atoms with van der Waals surface area (Å²) >= 11 is 0. The van der Waals surface area contributed by atoms with Gasteiger partial charge in [0.05, 0.1) is 12.9 Å². The van der Waals surface area contributed by atoms with Gasteiger partial charge in [0.25, 0.3) is 0 Å². The maximum atomic E-state index is 5.70. The Morgan fingerprint density at radius 2 is 2.05 bits per heavy atom. The van der Waals surface area contributed by atoms with Crippen LogP contribution in [0.4, 0.5) is 0 Å². The van der Waals surface area contributed by atoms with Gasteiger partial charge in [0.15, 0.2) is 0 Å². The number of rotatable bonds is 7. The summed E-state index contributed by atoms with van der Waals surface area (Å²) in [5, 5.41) is 3.08. The lowest BCUT2D eigenvalue weighted by Gasteiger charge is -2.06. The molecule has 102 valence electrons. The summed E-state index contributed by atoms with van der Waals surface area (Å²) in [4.78, 5) is 0. The first-order chi connectivity index (χ1) is 9.31. The number of hydrogen-bond donors (Lipinski definition) is 1. The Morgan fingerprint density at radius 3 is 2.84 bits per heavy atom. The fourth-order valence-electron chi connectivity index (χ4n) is 1.84. The van der Waals surface area contributed by atoms with Gasteiger partial charge in [-0.2, -0.15) is 0 Å². The second-order valence-corrected chi connectivity index (χ2v) is 4.32. The summed E-state index contributed by atoms with van der Waals surface area (Å²) in [6, 6.07) is 9.86. The summed E-state index contributed by atoms with van der Waals surface area (Å²) in [5.41, 5.74) is 2.21. The molecule has 0 spiro atoms. The fourth-order valence-corrected chi connectivity index (χ4v) is 1.84. The highest BCUT2D eigenvalue weighted by atomic mass is 16.5. The summed E-state index contributed by atoms with van der Waals surface area (Å²) in [7, 11) is 3.59. The van der Waals surface area contributed by atoms with E-state index in [1.807, 2.05) is 37.4 Å². The molecule has 0 saturated carbocycles. The minimum absolute atomic E-state index is 0.431. The van der Waals surface area contributed by atoms with Crippen molar-refractivity contribution in [2.45, 2.75) is 19.8 Å². The van der Waals surface area contributed by atoms with Crippen molar-refractivity contribution in [3.8, 4) is 5.75 Å². The quantitative estimate of drug-likeness (QED) is 0.832. The SMILES string of the molecule is CNCc1coc(COc2cccc(COC)c2)c1. The number of benzene rings is 1. The zero-order valence-electron chi connectivity index (χ0n) is 11.3. The van der Waals surface area contributed by atoms with E-state index in [1.165, 1.54) is 0 Å². The molecule has 0 aliphatic rings. The molecule has 2 aromatic rings. The van der Waals surface area contributed by atoms with Crippen molar-refractivity contribution in [1.29, 1.82) is 0 Å². The smallest absolute Gasteiger partial charge is 0.146 e. The zero-order valence-corrected chi connectivity index (χ0v) is 11.3. The third-order valence-electron chi connectivity index (χ3n) is 2.68. The van der Waals surface area contributed by atoms with Crippen LogP contribution in [0.2, 0.25) is 0 Å². The van der Waals surface area contributed by atoms with Crippen LogP contribution < -0.4 is 10.1 Å². The molecular weight excluding hydrogens is 242 g/mol. The highest BCUT2D eigenvalue weighted by molar-refractivity contribution is 5.28. The number of ether oxygens (including phenoxy) is 2. The summed E-state index contributed by atoms with van der Waals surface area (Å²) in [6.07, 6.45) is 1.75. The fraction of sp³-hybridized carbons (Fsp3) is 0.333. The molecular formula is C15H19NO3. The molecule has 0 atom stereocenters. The summed E-state index contributed by atoms with van der Waals surface area (Å²) in [5.74, 6) is 1.64. The molecule has 1 heterocycles. The standard InChI is InChI=1S/C15H19NO3/c1-16-8-13-7-15(18-10-13)11-19-14-5-3-4-12(6-14)9-17-2/h3-7,10,16H,8-9,11H2,1-2H3.